The molecule has 2 N–H and O–H groups in total. The molecule has 13 heteroatoms. The van der Waals surface area contributed by atoms with Crippen LogP contribution in [0.4, 0.5) is 4.79 Å². The van der Waals surface area contributed by atoms with Crippen LogP contribution in [0.15, 0.2) is 0 Å². The lowest BCUT2D eigenvalue weighted by atomic mass is 10.0. The van der Waals surface area contributed by atoms with Gasteiger partial charge in [0.25, 0.3) is 0 Å². The number of esters is 2. The quantitative estimate of drug-likeness (QED) is 0.0260. The molecule has 0 saturated heterocycles. The Morgan fingerprint density at radius 3 is 1.31 bits per heavy atom. The van der Waals surface area contributed by atoms with Gasteiger partial charge in [0, 0.05) is 26.5 Å². The third-order valence-electron chi connectivity index (χ3n) is 10.3. The van der Waals surface area contributed by atoms with Crippen molar-refractivity contribution in [1.82, 2.24) is 5.32 Å². The molecule has 0 aliphatic carbocycles. The van der Waals surface area contributed by atoms with Gasteiger partial charge < -0.3 is 29.2 Å². The smallest absolute Gasteiger partial charge is 0.462 e. The molecule has 59 heavy (non-hydrogen) atoms. The van der Waals surface area contributed by atoms with E-state index in [1.54, 1.807) is 0 Å². The van der Waals surface area contributed by atoms with Crippen molar-refractivity contribution < 1.29 is 51.8 Å². The van der Waals surface area contributed by atoms with Gasteiger partial charge in [-0.2, -0.15) is 0 Å². The maximum atomic E-state index is 12.7. The molecule has 0 heterocycles. The fraction of sp³-hybridized carbons (Fsp3) is 0.935. The highest BCUT2D eigenvalue weighted by Gasteiger charge is 2.26. The van der Waals surface area contributed by atoms with Crippen LogP contribution in [0.2, 0.25) is 0 Å². The second-order valence-corrected chi connectivity index (χ2v) is 17.3. The van der Waals surface area contributed by atoms with E-state index < -0.39 is 38.6 Å². The zero-order chi connectivity index (χ0) is 42.6. The highest BCUT2D eigenvalue weighted by Crippen LogP contribution is 2.43. The predicted octanol–water partition coefficient (Wildman–Crippen LogP) is 13.1. The number of ether oxygens (including phenoxy) is 4. The zero-order valence-electron chi connectivity index (χ0n) is 37.4. The number of carbonyl (C=O) groups excluding carboxylic acids is 3. The Morgan fingerprint density at radius 1 is 0.508 bits per heavy atom. The van der Waals surface area contributed by atoms with Crippen molar-refractivity contribution in [2.45, 2.75) is 233 Å². The van der Waals surface area contributed by atoms with E-state index in [-0.39, 0.29) is 53.2 Å². The van der Waals surface area contributed by atoms with E-state index in [2.05, 4.69) is 19.2 Å². The zero-order valence-corrected chi connectivity index (χ0v) is 38.3. The number of phosphoric ester groups is 1. The van der Waals surface area contributed by atoms with Crippen LogP contribution >= 0.6 is 7.82 Å². The molecule has 12 nitrogen and oxygen atoms in total. The normalized spacial score (nSPS) is 12.7. The van der Waals surface area contributed by atoms with E-state index in [9.17, 15) is 23.8 Å². The number of alkyl carbamates (subject to hydrolysis) is 1. The Balaban J connectivity index is 0. The molecule has 0 spiro atoms. The minimum atomic E-state index is -4.57. The fourth-order valence-electron chi connectivity index (χ4n) is 6.70. The van der Waals surface area contributed by atoms with Gasteiger partial charge in [-0.15, -0.1) is 0 Å². The van der Waals surface area contributed by atoms with Gasteiger partial charge in [0.2, 0.25) is 0 Å². The predicted molar refractivity (Wildman–Crippen MR) is 240 cm³/mol. The van der Waals surface area contributed by atoms with Crippen LogP contribution in [-0.4, -0.2) is 75.7 Å². The molecule has 0 fully saturated rings. The summed E-state index contributed by atoms with van der Waals surface area (Å²) in [6.07, 6.45) is 35.5. The number of phosphoric acid groups is 1. The van der Waals surface area contributed by atoms with Crippen LogP contribution in [0, 0.1) is 0 Å². The Morgan fingerprint density at radius 2 is 0.898 bits per heavy atom. The molecule has 0 saturated carbocycles. The third-order valence-corrected chi connectivity index (χ3v) is 11.3. The van der Waals surface area contributed by atoms with E-state index in [1.807, 2.05) is 0 Å². The largest absolute Gasteiger partial charge is 0.472 e. The Kier molecular flexibility index (Phi) is 46.1. The lowest BCUT2D eigenvalue weighted by molar-refractivity contribution is -0.161. The third kappa shape index (κ3) is 45.6. The molecule has 0 aromatic heterocycles. The van der Waals surface area contributed by atoms with Gasteiger partial charge in [-0.25, -0.2) is 9.36 Å². The molecule has 0 aliphatic rings. The first-order chi connectivity index (χ1) is 28.2. The van der Waals surface area contributed by atoms with Crippen LogP contribution in [0.5, 0.6) is 0 Å². The van der Waals surface area contributed by atoms with Crippen LogP contribution in [-0.2, 0) is 42.1 Å². The van der Waals surface area contributed by atoms with Gasteiger partial charge in [0.1, 0.15) is 13.2 Å². The summed E-state index contributed by atoms with van der Waals surface area (Å²) in [5.74, 6) is -0.892. The van der Waals surface area contributed by atoms with Crippen molar-refractivity contribution in [3.63, 3.8) is 0 Å². The van der Waals surface area contributed by atoms with E-state index in [4.69, 9.17) is 28.0 Å². The lowest BCUT2D eigenvalue weighted by Gasteiger charge is -2.20. The molecule has 2 unspecified atom stereocenters. The number of amides is 1. The Hall–Kier alpha value is -1.72. The van der Waals surface area contributed by atoms with Crippen LogP contribution in [0.3, 0.4) is 0 Å². The van der Waals surface area contributed by atoms with Crippen molar-refractivity contribution in [3.8, 4) is 0 Å². The summed E-state index contributed by atoms with van der Waals surface area (Å²) < 4.78 is 43.1. The Labute approximate surface area is 361 Å². The molecule has 0 radical (unpaired) electrons. The summed E-state index contributed by atoms with van der Waals surface area (Å²) in [6.45, 7) is 3.58. The van der Waals surface area contributed by atoms with Crippen molar-refractivity contribution in [1.29, 1.82) is 0 Å². The fourth-order valence-corrected chi connectivity index (χ4v) is 7.45. The van der Waals surface area contributed by atoms with Crippen molar-refractivity contribution in [2.75, 3.05) is 46.7 Å². The van der Waals surface area contributed by atoms with E-state index in [1.165, 1.54) is 155 Å². The second kappa shape index (κ2) is 45.8. The summed E-state index contributed by atoms with van der Waals surface area (Å²) in [5.41, 5.74) is 0. The van der Waals surface area contributed by atoms with E-state index in [0.29, 0.717) is 12.8 Å². The Bertz CT molecular complexity index is 987. The van der Waals surface area contributed by atoms with Crippen molar-refractivity contribution in [3.05, 3.63) is 0 Å². The summed E-state index contributed by atoms with van der Waals surface area (Å²) in [4.78, 5) is 47.0. The van der Waals surface area contributed by atoms with Gasteiger partial charge in [0.15, 0.2) is 6.10 Å². The summed E-state index contributed by atoms with van der Waals surface area (Å²) >= 11 is 0. The number of unbranched alkanes of at least 4 members (excludes halogenated alkanes) is 28. The van der Waals surface area contributed by atoms with Gasteiger partial charge in [0.05, 0.1) is 19.8 Å². The van der Waals surface area contributed by atoms with Crippen LogP contribution < -0.4 is 5.32 Å². The van der Waals surface area contributed by atoms with Crippen molar-refractivity contribution in [2.24, 2.45) is 0 Å². The standard InChI is InChI=1S/C45H88NO11P.CH4/c1-4-6-8-10-12-14-16-18-20-22-24-26-28-30-32-34-43(47)54-40-42(41-56-58(50,51)55-37-36-46-45(49)53-39-38-52-3)57-44(48)35-33-31-29-27-25-23-21-19-17-15-13-11-9-7-5-2;/h42H,4-41H2,1-3H3,(H,46,49)(H,50,51);1H4. The first-order valence-electron chi connectivity index (χ1n) is 23.6. The van der Waals surface area contributed by atoms with Gasteiger partial charge in [-0.1, -0.05) is 201 Å². The van der Waals surface area contributed by atoms with E-state index in [0.717, 1.165) is 32.1 Å². The number of methoxy groups -OCH3 is 1. The average molecular weight is 866 g/mol. The molecule has 0 rings (SSSR count). The first kappa shape index (κ1) is 59.4. The average Bonchev–Trinajstić information content (AvgIpc) is 3.20. The van der Waals surface area contributed by atoms with Crippen molar-refractivity contribution >= 4 is 25.9 Å². The molecule has 0 aliphatic heterocycles. The molecule has 0 aromatic carbocycles. The van der Waals surface area contributed by atoms with Crippen LogP contribution in [0.25, 0.3) is 0 Å². The molecular formula is C46H92NO11P. The highest BCUT2D eigenvalue weighted by molar-refractivity contribution is 7.47. The molecule has 0 aromatic rings. The lowest BCUT2D eigenvalue weighted by Crippen LogP contribution is -2.30. The molecular weight excluding hydrogens is 773 g/mol. The summed E-state index contributed by atoms with van der Waals surface area (Å²) in [6, 6.07) is 0. The minimum absolute atomic E-state index is 0. The molecule has 2 atom stereocenters. The number of nitrogens with one attached hydrogen (secondary N) is 1. The SMILES string of the molecule is C.CCCCCCCCCCCCCCCCCC(=O)OCC(COP(=O)(O)OCCNC(=O)OCCOC)OC(=O)CCCCCCCCCCCCCCCCC. The maximum Gasteiger partial charge on any atom is 0.472 e. The van der Waals surface area contributed by atoms with Crippen LogP contribution in [0.1, 0.15) is 227 Å². The monoisotopic (exact) mass is 866 g/mol. The van der Waals surface area contributed by atoms with Gasteiger partial charge in [-0.3, -0.25) is 18.6 Å². The maximum absolute atomic E-state index is 12.7. The second-order valence-electron chi connectivity index (χ2n) is 15.8. The minimum Gasteiger partial charge on any atom is -0.462 e. The number of rotatable bonds is 45. The van der Waals surface area contributed by atoms with E-state index >= 15 is 0 Å². The summed E-state index contributed by atoms with van der Waals surface area (Å²) in [7, 11) is -3.09. The van der Waals surface area contributed by atoms with Gasteiger partial charge in [-0.05, 0) is 12.8 Å². The van der Waals surface area contributed by atoms with Gasteiger partial charge >= 0.3 is 25.9 Å². The molecule has 352 valence electrons. The molecule has 1 amide bonds. The first-order valence-corrected chi connectivity index (χ1v) is 25.1. The topological polar surface area (TPSA) is 156 Å². The number of hydrogen-bond donors (Lipinski definition) is 2. The highest BCUT2D eigenvalue weighted by atomic mass is 31.2. The number of hydrogen-bond acceptors (Lipinski definition) is 10. The molecule has 0 bridgehead atoms. The number of carbonyl (C=O) groups is 3. The summed E-state index contributed by atoms with van der Waals surface area (Å²) in [5, 5.41) is 2.38.